The molecule has 190 valence electrons. The minimum atomic E-state index is -0.498. The van der Waals surface area contributed by atoms with Gasteiger partial charge in [0.1, 0.15) is 11.4 Å². The normalized spacial score (nSPS) is 14.1. The third kappa shape index (κ3) is 8.38. The van der Waals surface area contributed by atoms with Gasteiger partial charge in [-0.25, -0.2) is 4.79 Å². The van der Waals surface area contributed by atoms with Gasteiger partial charge >= 0.3 is 6.09 Å². The molecule has 2 aromatic carbocycles. The molecule has 1 aliphatic heterocycles. The Morgan fingerprint density at radius 2 is 1.69 bits per heavy atom. The Morgan fingerprint density at radius 1 is 1.03 bits per heavy atom. The molecule has 7 nitrogen and oxygen atoms in total. The van der Waals surface area contributed by atoms with Crippen molar-refractivity contribution in [2.75, 3.05) is 43.9 Å². The molecule has 1 saturated heterocycles. The Kier molecular flexibility index (Phi) is 9.32. The Bertz CT molecular complexity index is 983. The lowest BCUT2D eigenvalue weighted by Crippen LogP contribution is -2.50. The highest BCUT2D eigenvalue weighted by Gasteiger charge is 2.26. The highest BCUT2D eigenvalue weighted by atomic mass is 32.2. The summed E-state index contributed by atoms with van der Waals surface area (Å²) in [4.78, 5) is 32.0. The second kappa shape index (κ2) is 12.2. The van der Waals surface area contributed by atoms with Crippen molar-refractivity contribution in [2.24, 2.45) is 0 Å². The highest BCUT2D eigenvalue weighted by Crippen LogP contribution is 2.25. The molecule has 0 bridgehead atoms. The molecule has 2 amide bonds. The predicted molar refractivity (Wildman–Crippen MR) is 141 cm³/mol. The molecule has 0 aliphatic carbocycles. The fourth-order valence-electron chi connectivity index (χ4n) is 3.90. The van der Waals surface area contributed by atoms with Gasteiger partial charge in [0, 0.05) is 56.8 Å². The number of piperazine rings is 1. The molecule has 3 rings (SSSR count). The summed E-state index contributed by atoms with van der Waals surface area (Å²) in [6.07, 6.45) is 1.03. The van der Waals surface area contributed by atoms with E-state index < -0.39 is 5.60 Å². The zero-order valence-electron chi connectivity index (χ0n) is 21.2. The molecule has 0 spiro atoms. The first-order chi connectivity index (χ1) is 16.6. The number of nitrogens with zero attached hydrogens (tertiary/aromatic N) is 3. The number of ether oxygens (including phenoxy) is 1. The van der Waals surface area contributed by atoms with Gasteiger partial charge in [0.05, 0.1) is 0 Å². The van der Waals surface area contributed by atoms with Crippen molar-refractivity contribution in [2.45, 2.75) is 50.7 Å². The van der Waals surface area contributed by atoms with Gasteiger partial charge in [-0.05, 0) is 68.8 Å². The van der Waals surface area contributed by atoms with Crippen LogP contribution in [0.25, 0.3) is 0 Å². The first-order valence-electron chi connectivity index (χ1n) is 12.1. The maximum atomic E-state index is 12.7. The van der Waals surface area contributed by atoms with Gasteiger partial charge in [0.2, 0.25) is 5.91 Å². The standard InChI is InChI=1S/C27H37N3O4S/c1-27(2,3)34-26(33)30-17-15-29(16-18-30)24-9-6-5-8-21(24)20-28(4)25(32)10-7-19-35-23-13-11-22(31)12-14-23/h5-6,8-9,11-14,31H,7,10,15-20H2,1-4H3. The van der Waals surface area contributed by atoms with Gasteiger partial charge in [-0.3, -0.25) is 4.79 Å². The molecule has 0 radical (unpaired) electrons. The lowest BCUT2D eigenvalue weighted by atomic mass is 10.1. The zero-order chi connectivity index (χ0) is 25.4. The summed E-state index contributed by atoms with van der Waals surface area (Å²) >= 11 is 1.69. The number of thioether (sulfide) groups is 1. The molecule has 1 heterocycles. The Balaban J connectivity index is 1.48. The topological polar surface area (TPSA) is 73.3 Å². The van der Waals surface area contributed by atoms with Crippen LogP contribution >= 0.6 is 11.8 Å². The summed E-state index contributed by atoms with van der Waals surface area (Å²) in [5.41, 5.74) is 1.72. The summed E-state index contributed by atoms with van der Waals surface area (Å²) in [7, 11) is 1.85. The van der Waals surface area contributed by atoms with Crippen LogP contribution < -0.4 is 4.90 Å². The number of amides is 2. The van der Waals surface area contributed by atoms with Crippen molar-refractivity contribution >= 4 is 29.4 Å². The first-order valence-corrected chi connectivity index (χ1v) is 13.1. The van der Waals surface area contributed by atoms with E-state index in [1.807, 2.05) is 52.1 Å². The average Bonchev–Trinajstić information content (AvgIpc) is 2.82. The largest absolute Gasteiger partial charge is 0.508 e. The molecule has 1 fully saturated rings. The van der Waals surface area contributed by atoms with Crippen molar-refractivity contribution in [3.63, 3.8) is 0 Å². The van der Waals surface area contributed by atoms with Gasteiger partial charge in [-0.1, -0.05) is 18.2 Å². The predicted octanol–water partition coefficient (Wildman–Crippen LogP) is 4.98. The van der Waals surface area contributed by atoms with Crippen LogP contribution in [0.5, 0.6) is 5.75 Å². The molecule has 1 aliphatic rings. The minimum Gasteiger partial charge on any atom is -0.508 e. The Hall–Kier alpha value is -2.87. The van der Waals surface area contributed by atoms with Crippen LogP contribution in [0.1, 0.15) is 39.2 Å². The second-order valence-corrected chi connectivity index (χ2v) is 10.9. The van der Waals surface area contributed by atoms with E-state index in [0.29, 0.717) is 26.1 Å². The van der Waals surface area contributed by atoms with Crippen molar-refractivity contribution < 1.29 is 19.4 Å². The van der Waals surface area contributed by atoms with E-state index in [4.69, 9.17) is 4.74 Å². The van der Waals surface area contributed by atoms with E-state index in [2.05, 4.69) is 17.0 Å². The quantitative estimate of drug-likeness (QED) is 0.408. The number of carbonyl (C=O) groups is 2. The molecular formula is C27H37N3O4S. The summed E-state index contributed by atoms with van der Waals surface area (Å²) < 4.78 is 5.50. The molecule has 0 aromatic heterocycles. The van der Waals surface area contributed by atoms with E-state index in [1.165, 1.54) is 0 Å². The number of rotatable bonds is 8. The number of hydrogen-bond donors (Lipinski definition) is 1. The van der Waals surface area contributed by atoms with Crippen LogP contribution in [-0.2, 0) is 16.1 Å². The van der Waals surface area contributed by atoms with Crippen molar-refractivity contribution in [1.29, 1.82) is 0 Å². The molecule has 2 aromatic rings. The summed E-state index contributed by atoms with van der Waals surface area (Å²) in [5, 5.41) is 9.37. The average molecular weight is 500 g/mol. The number of para-hydroxylation sites is 1. The van der Waals surface area contributed by atoms with E-state index in [1.54, 1.807) is 33.7 Å². The molecule has 35 heavy (non-hydrogen) atoms. The Morgan fingerprint density at radius 3 is 2.34 bits per heavy atom. The lowest BCUT2D eigenvalue weighted by Gasteiger charge is -2.37. The van der Waals surface area contributed by atoms with E-state index in [9.17, 15) is 14.7 Å². The van der Waals surface area contributed by atoms with Gasteiger partial charge in [0.25, 0.3) is 0 Å². The lowest BCUT2D eigenvalue weighted by molar-refractivity contribution is -0.130. The van der Waals surface area contributed by atoms with Gasteiger partial charge in [0.15, 0.2) is 0 Å². The molecule has 8 heteroatoms. The van der Waals surface area contributed by atoms with Crippen LogP contribution in [0, 0.1) is 0 Å². The highest BCUT2D eigenvalue weighted by molar-refractivity contribution is 7.99. The smallest absolute Gasteiger partial charge is 0.410 e. The first kappa shape index (κ1) is 26.7. The van der Waals surface area contributed by atoms with Crippen LogP contribution in [-0.4, -0.2) is 71.5 Å². The number of carbonyl (C=O) groups excluding carboxylic acids is 2. The zero-order valence-corrected chi connectivity index (χ0v) is 22.0. The SMILES string of the molecule is CN(Cc1ccccc1N1CCN(C(=O)OC(C)(C)C)CC1)C(=O)CCCSc1ccc(O)cc1. The van der Waals surface area contributed by atoms with E-state index >= 15 is 0 Å². The number of aromatic hydroxyl groups is 1. The van der Waals surface area contributed by atoms with Crippen molar-refractivity contribution in [1.82, 2.24) is 9.80 Å². The summed E-state index contributed by atoms with van der Waals surface area (Å²) in [6.45, 7) is 8.85. The maximum Gasteiger partial charge on any atom is 0.410 e. The number of anilines is 1. The number of phenols is 1. The molecule has 1 N–H and O–H groups in total. The van der Waals surface area contributed by atoms with Crippen molar-refractivity contribution in [3.8, 4) is 5.75 Å². The maximum absolute atomic E-state index is 12.7. The number of hydrogen-bond acceptors (Lipinski definition) is 6. The summed E-state index contributed by atoms with van der Waals surface area (Å²) in [6, 6.07) is 15.3. The van der Waals surface area contributed by atoms with Crippen LogP contribution in [0.15, 0.2) is 53.4 Å². The van der Waals surface area contributed by atoms with E-state index in [0.717, 1.165) is 41.4 Å². The monoisotopic (exact) mass is 499 g/mol. The van der Waals surface area contributed by atoms with Gasteiger partial charge in [-0.15, -0.1) is 11.8 Å². The van der Waals surface area contributed by atoms with E-state index in [-0.39, 0.29) is 17.7 Å². The van der Waals surface area contributed by atoms with Gasteiger partial charge in [-0.2, -0.15) is 0 Å². The number of phenolic OH excluding ortho intramolecular Hbond substituents is 1. The van der Waals surface area contributed by atoms with Gasteiger partial charge < -0.3 is 24.5 Å². The third-order valence-electron chi connectivity index (χ3n) is 5.74. The summed E-state index contributed by atoms with van der Waals surface area (Å²) in [5.74, 6) is 1.24. The van der Waals surface area contributed by atoms with Crippen LogP contribution in [0.4, 0.5) is 10.5 Å². The molecular weight excluding hydrogens is 462 g/mol. The van der Waals surface area contributed by atoms with Crippen molar-refractivity contribution in [3.05, 3.63) is 54.1 Å². The number of benzene rings is 2. The van der Waals surface area contributed by atoms with Crippen LogP contribution in [0.2, 0.25) is 0 Å². The second-order valence-electron chi connectivity index (χ2n) is 9.78. The molecule has 0 unspecified atom stereocenters. The Labute approximate surface area is 213 Å². The third-order valence-corrected chi connectivity index (χ3v) is 6.84. The fraction of sp³-hybridized carbons (Fsp3) is 0.481. The molecule has 0 saturated carbocycles. The molecule has 0 atom stereocenters. The van der Waals surface area contributed by atoms with Crippen LogP contribution in [0.3, 0.4) is 0 Å². The fourth-order valence-corrected chi connectivity index (χ4v) is 4.75. The minimum absolute atomic E-state index is 0.126.